The molecule has 0 aromatic heterocycles. The standard InChI is InChI=1S/C38H32O2P2.2C2HF3O2.Ru/c1-39-33-25-15-27-35(41(29-17-7-3-8-18-29)30-19-9-4-10-20-30)37(33)38-34(40-2)26-16-28-36(38)42(31-21-11-5-12-22-31)32-23-13-6-14-24-32;2*3-2(4,5)1(6)7;/h3-28H,1-2H3;2*(H,6,7);. The Kier molecular flexibility index (Phi) is 13.6. The van der Waals surface area contributed by atoms with Gasteiger partial charge in [0.1, 0.15) is 11.9 Å². The Morgan fingerprint density at radius 3 is 0.912 bits per heavy atom. The summed E-state index contributed by atoms with van der Waals surface area (Å²) >= 11 is -0.287. The number of alkyl halides is 6. The van der Waals surface area contributed by atoms with Crippen molar-refractivity contribution in [2.24, 2.45) is 0 Å². The molecule has 7 rings (SSSR count). The number of ether oxygens (including phenoxy) is 2. The van der Waals surface area contributed by atoms with Crippen LogP contribution in [0.15, 0.2) is 158 Å². The number of aliphatic carboxylic acids is 2. The Morgan fingerprint density at radius 2 is 0.702 bits per heavy atom. The number of hydrogen-bond donors (Lipinski definition) is 0. The first-order valence-corrected chi connectivity index (χ1v) is 25.8. The number of carboxylic acid groups (broad SMARTS) is 2. The van der Waals surface area contributed by atoms with Crippen LogP contribution in [0.3, 0.4) is 0 Å². The summed E-state index contributed by atoms with van der Waals surface area (Å²) in [5.74, 6) is -4.21. The third-order valence-electron chi connectivity index (χ3n) is 8.86. The number of carbonyl (C=O) groups excluding carboxylic acids is 2. The van der Waals surface area contributed by atoms with Crippen molar-refractivity contribution in [3.8, 4) is 22.6 Å². The fourth-order valence-corrected chi connectivity index (χ4v) is 44.6. The van der Waals surface area contributed by atoms with E-state index in [2.05, 4.69) is 158 Å². The molecule has 0 saturated carbocycles. The van der Waals surface area contributed by atoms with E-state index < -0.39 is 35.5 Å². The maximum absolute atomic E-state index is 10.5. The van der Waals surface area contributed by atoms with Gasteiger partial charge in [-0.2, -0.15) is 26.3 Å². The second-order valence-electron chi connectivity index (χ2n) is 12.2. The van der Waals surface area contributed by atoms with Crippen LogP contribution in [0, 0.1) is 0 Å². The summed E-state index contributed by atoms with van der Waals surface area (Å²) in [6, 6.07) is 58.9. The maximum Gasteiger partial charge on any atom is 0.430 e. The van der Waals surface area contributed by atoms with Crippen molar-refractivity contribution in [1.29, 1.82) is 0 Å². The van der Waals surface area contributed by atoms with Crippen LogP contribution >= 0.6 is 11.2 Å². The van der Waals surface area contributed by atoms with Gasteiger partial charge in [0.05, 0.1) is 0 Å². The van der Waals surface area contributed by atoms with E-state index in [4.69, 9.17) is 29.3 Å². The molecule has 57 heavy (non-hydrogen) atoms. The average molecular weight is 912 g/mol. The van der Waals surface area contributed by atoms with E-state index in [-0.39, 0.29) is 16.2 Å². The molecule has 15 heteroatoms. The number of rotatable bonds is 6. The average Bonchev–Trinajstić information content (AvgIpc) is 3.34. The van der Waals surface area contributed by atoms with E-state index in [0.29, 0.717) is 0 Å². The molecule has 0 saturated heterocycles. The molecule has 6 aromatic rings. The first-order chi connectivity index (χ1) is 27.1. The second kappa shape index (κ2) is 18.0. The minimum absolute atomic E-state index is 0.287. The molecule has 1 aliphatic heterocycles. The van der Waals surface area contributed by atoms with Gasteiger partial charge in [-0.1, -0.05) is 0 Å². The van der Waals surface area contributed by atoms with Crippen LogP contribution in [-0.4, -0.2) is 38.5 Å². The van der Waals surface area contributed by atoms with Crippen LogP contribution in [0.2, 0.25) is 0 Å². The monoisotopic (exact) mass is 912 g/mol. The molecule has 0 amide bonds. The van der Waals surface area contributed by atoms with Crippen LogP contribution < -0.4 is 51.5 Å². The molecule has 0 spiro atoms. The van der Waals surface area contributed by atoms with Gasteiger partial charge in [0.25, 0.3) is 0 Å². The summed E-state index contributed by atoms with van der Waals surface area (Å²) in [6.45, 7) is 0. The van der Waals surface area contributed by atoms with E-state index in [0.717, 1.165) is 11.5 Å². The fourth-order valence-electron chi connectivity index (χ4n) is 6.59. The molecule has 0 aliphatic carbocycles. The Bertz CT molecular complexity index is 2050. The summed E-state index contributed by atoms with van der Waals surface area (Å²) in [5, 5.41) is 26.2. The number of benzene rings is 6. The normalized spacial score (nSPS) is 14.9. The van der Waals surface area contributed by atoms with E-state index in [1.165, 1.54) is 43.0 Å². The Hall–Kier alpha value is -5.08. The first-order valence-electron chi connectivity index (χ1n) is 16.9. The summed E-state index contributed by atoms with van der Waals surface area (Å²) in [6.07, 6.45) is -10.4. The van der Waals surface area contributed by atoms with Gasteiger partial charge in [0, 0.05) is 0 Å². The summed E-state index contributed by atoms with van der Waals surface area (Å²) < 4.78 is 75.6. The molecule has 6 aromatic carbocycles. The van der Waals surface area contributed by atoms with Gasteiger partial charge < -0.3 is 19.8 Å². The van der Waals surface area contributed by atoms with Crippen molar-refractivity contribution in [3.05, 3.63) is 158 Å². The Morgan fingerprint density at radius 1 is 0.456 bits per heavy atom. The van der Waals surface area contributed by atoms with Gasteiger partial charge in [-0.25, -0.2) is 0 Å². The summed E-state index contributed by atoms with van der Waals surface area (Å²) in [5.41, 5.74) is -2.97. The molecule has 1 aliphatic rings. The topological polar surface area (TPSA) is 98.7 Å². The Balaban J connectivity index is 0.000000380. The third kappa shape index (κ3) is 8.92. The van der Waals surface area contributed by atoms with Gasteiger partial charge in [-0.05, 0) is 0 Å². The van der Waals surface area contributed by atoms with Crippen LogP contribution in [0.1, 0.15) is 0 Å². The van der Waals surface area contributed by atoms with Gasteiger partial charge in [-0.15, -0.1) is 0 Å². The number of methoxy groups -OCH3 is 2. The minimum atomic E-state index is -5.19. The van der Waals surface area contributed by atoms with Crippen molar-refractivity contribution in [2.45, 2.75) is 12.4 Å². The Labute approximate surface area is 332 Å². The first kappa shape index (κ1) is 43.1. The van der Waals surface area contributed by atoms with E-state index in [9.17, 15) is 26.3 Å². The van der Waals surface area contributed by atoms with Crippen LogP contribution in [-0.2, 0) is 25.8 Å². The molecule has 0 bridgehead atoms. The SMILES string of the molecule is COc1cccc2c1-c1c(OC)cccc1[PH](c1ccccc1)(c1ccccc1)[Ru+2][PH]2(c1ccccc1)c1ccccc1.O=C([O-])C(F)(F)F.O=C([O-])C(F)(F)F. The predicted molar refractivity (Wildman–Crippen MR) is 207 cm³/mol. The predicted octanol–water partition coefficient (Wildman–Crippen LogP) is 4.95. The molecule has 0 N–H and O–H groups in total. The number of halogens is 6. The zero-order valence-electron chi connectivity index (χ0n) is 30.1. The summed E-state index contributed by atoms with van der Waals surface area (Å²) in [4.78, 5) is 17.6. The third-order valence-corrected chi connectivity index (χ3v) is 38.3. The fraction of sp³-hybridized carbons (Fsp3) is 0.0952. The van der Waals surface area contributed by atoms with Gasteiger partial charge in [-0.3, -0.25) is 0 Å². The zero-order chi connectivity index (χ0) is 41.4. The number of hydrogen-bond acceptors (Lipinski definition) is 6. The molecule has 0 unspecified atom stereocenters. The number of carboxylic acids is 2. The van der Waals surface area contributed by atoms with E-state index in [1.807, 2.05) is 0 Å². The van der Waals surface area contributed by atoms with Crippen LogP contribution in [0.5, 0.6) is 11.5 Å². The van der Waals surface area contributed by atoms with E-state index in [1.54, 1.807) is 14.2 Å². The number of carbonyl (C=O) groups is 2. The largest absolute Gasteiger partial charge is 0.542 e. The smallest absolute Gasteiger partial charge is 0.430 e. The summed E-state index contributed by atoms with van der Waals surface area (Å²) in [7, 11) is 3.60. The van der Waals surface area contributed by atoms with Gasteiger partial charge >= 0.3 is 276 Å². The van der Waals surface area contributed by atoms with Crippen LogP contribution in [0.4, 0.5) is 26.3 Å². The van der Waals surface area contributed by atoms with Crippen molar-refractivity contribution in [2.75, 3.05) is 14.2 Å². The van der Waals surface area contributed by atoms with Gasteiger partial charge in [0.2, 0.25) is 0 Å². The number of fused-ring (bicyclic) bond motifs is 3. The minimum Gasteiger partial charge on any atom is -0.542 e. The van der Waals surface area contributed by atoms with Crippen molar-refractivity contribution < 1.29 is 71.8 Å². The molecule has 0 atom stereocenters. The van der Waals surface area contributed by atoms with Crippen molar-refractivity contribution >= 4 is 55.0 Å². The zero-order valence-corrected chi connectivity index (χ0v) is 33.8. The molecule has 0 radical (unpaired) electrons. The molecular weight excluding hydrogens is 877 g/mol. The van der Waals surface area contributed by atoms with Crippen LogP contribution in [0.25, 0.3) is 11.1 Å². The van der Waals surface area contributed by atoms with Gasteiger partial charge in [0.15, 0.2) is 0 Å². The van der Waals surface area contributed by atoms with E-state index >= 15 is 0 Å². The molecular formula is C42H34F6O6P2Ru. The quantitative estimate of drug-likeness (QED) is 0.134. The second-order valence-corrected chi connectivity index (χ2v) is 30.6. The molecule has 1 heterocycles. The van der Waals surface area contributed by atoms with Crippen molar-refractivity contribution in [1.82, 2.24) is 0 Å². The molecule has 6 nitrogen and oxygen atoms in total. The molecule has 298 valence electrons. The van der Waals surface area contributed by atoms with Crippen molar-refractivity contribution in [3.63, 3.8) is 0 Å². The maximum atomic E-state index is 10.5. The molecule has 0 fully saturated rings.